The first kappa shape index (κ1) is 15.2. The molecule has 0 spiro atoms. The molecule has 0 aromatic heterocycles. The van der Waals surface area contributed by atoms with Crippen molar-refractivity contribution >= 4 is 0 Å². The van der Waals surface area contributed by atoms with Crippen LogP contribution in [0.3, 0.4) is 0 Å². The van der Waals surface area contributed by atoms with Crippen LogP contribution in [0.5, 0.6) is 0 Å². The lowest BCUT2D eigenvalue weighted by Crippen LogP contribution is -2.02. The Morgan fingerprint density at radius 2 is 0.769 bits per heavy atom. The van der Waals surface area contributed by atoms with Gasteiger partial charge in [-0.05, 0) is 51.4 Å². The van der Waals surface area contributed by atoms with E-state index >= 15 is 0 Å². The van der Waals surface area contributed by atoms with Crippen LogP contribution in [-0.2, 0) is 0 Å². The third-order valence-electron chi connectivity index (χ3n) is 5.54. The molecular formula is C26H20. The van der Waals surface area contributed by atoms with E-state index in [2.05, 4.69) is 104 Å². The molecule has 0 bridgehead atoms. The van der Waals surface area contributed by atoms with Crippen molar-refractivity contribution in [2.24, 2.45) is 0 Å². The maximum atomic E-state index is 2.30. The molecule has 0 nitrogen and oxygen atoms in total. The summed E-state index contributed by atoms with van der Waals surface area (Å²) < 4.78 is 0. The Kier molecular flexibility index (Phi) is 3.50. The molecule has 0 atom stereocenters. The van der Waals surface area contributed by atoms with Gasteiger partial charge in [-0.15, -0.1) is 0 Å². The van der Waals surface area contributed by atoms with Gasteiger partial charge in [0, 0.05) is 5.92 Å². The van der Waals surface area contributed by atoms with Gasteiger partial charge in [0.2, 0.25) is 0 Å². The molecule has 0 heterocycles. The minimum atomic E-state index is 0.290. The van der Waals surface area contributed by atoms with E-state index in [-0.39, 0.29) is 0 Å². The molecule has 0 heteroatoms. The van der Waals surface area contributed by atoms with Crippen molar-refractivity contribution in [2.75, 3.05) is 0 Å². The zero-order valence-electron chi connectivity index (χ0n) is 14.8. The molecular weight excluding hydrogens is 312 g/mol. The van der Waals surface area contributed by atoms with E-state index < -0.39 is 0 Å². The Labute approximate surface area is 154 Å². The maximum Gasteiger partial charge on any atom is 0.0358 e. The van der Waals surface area contributed by atoms with Gasteiger partial charge in [-0.1, -0.05) is 97.1 Å². The van der Waals surface area contributed by atoms with E-state index in [1.165, 1.54) is 44.5 Å². The molecule has 4 aromatic carbocycles. The van der Waals surface area contributed by atoms with Gasteiger partial charge in [-0.25, -0.2) is 0 Å². The smallest absolute Gasteiger partial charge is 0.0358 e. The fourth-order valence-corrected chi connectivity index (χ4v) is 4.36. The third kappa shape index (κ3) is 2.23. The Hall–Kier alpha value is -3.12. The van der Waals surface area contributed by atoms with Crippen molar-refractivity contribution < 1.29 is 0 Å². The first-order valence-electron chi connectivity index (χ1n) is 9.18. The van der Waals surface area contributed by atoms with Crippen LogP contribution in [0.2, 0.25) is 0 Å². The molecule has 0 saturated carbocycles. The van der Waals surface area contributed by atoms with Crippen LogP contribution >= 0.6 is 0 Å². The van der Waals surface area contributed by atoms with Crippen LogP contribution in [0, 0.1) is 6.92 Å². The highest BCUT2D eigenvalue weighted by atomic mass is 14.3. The summed E-state index contributed by atoms with van der Waals surface area (Å²) in [6, 6.07) is 35.3. The first-order chi connectivity index (χ1) is 12.8. The second-order valence-corrected chi connectivity index (χ2v) is 7.01. The minimum Gasteiger partial charge on any atom is -0.0620 e. The van der Waals surface area contributed by atoms with Gasteiger partial charge in [-0.3, -0.25) is 0 Å². The molecule has 26 heavy (non-hydrogen) atoms. The lowest BCUT2D eigenvalue weighted by Gasteiger charge is -2.19. The number of hydrogen-bond acceptors (Lipinski definition) is 0. The van der Waals surface area contributed by atoms with E-state index in [9.17, 15) is 0 Å². The van der Waals surface area contributed by atoms with Crippen molar-refractivity contribution in [2.45, 2.75) is 12.8 Å². The average Bonchev–Trinajstić information content (AvgIpc) is 3.03. The molecule has 124 valence electrons. The molecule has 1 aliphatic carbocycles. The number of aryl methyl sites for hydroxylation is 1. The van der Waals surface area contributed by atoms with Crippen LogP contribution in [-0.4, -0.2) is 0 Å². The van der Waals surface area contributed by atoms with Crippen molar-refractivity contribution in [3.05, 3.63) is 119 Å². The van der Waals surface area contributed by atoms with Gasteiger partial charge >= 0.3 is 0 Å². The number of fused-ring (bicyclic) bond motifs is 3. The van der Waals surface area contributed by atoms with Crippen LogP contribution in [0.4, 0.5) is 0 Å². The molecule has 4 aromatic rings. The highest BCUT2D eigenvalue weighted by Gasteiger charge is 2.30. The molecule has 1 aliphatic rings. The zero-order chi connectivity index (χ0) is 17.5. The Balaban J connectivity index is 1.79. The van der Waals surface area contributed by atoms with Crippen LogP contribution in [0.25, 0.3) is 22.3 Å². The topological polar surface area (TPSA) is 0 Å². The summed E-state index contributed by atoms with van der Waals surface area (Å²) in [6.45, 7) is 2.20. The van der Waals surface area contributed by atoms with E-state index in [1.54, 1.807) is 0 Å². The van der Waals surface area contributed by atoms with E-state index in [0.29, 0.717) is 5.92 Å². The molecule has 0 N–H and O–H groups in total. The average molecular weight is 332 g/mol. The van der Waals surface area contributed by atoms with E-state index in [4.69, 9.17) is 0 Å². The lowest BCUT2D eigenvalue weighted by atomic mass is 9.83. The maximum absolute atomic E-state index is 2.30. The fraction of sp³-hybridized carbons (Fsp3) is 0.0769. The molecule has 0 fully saturated rings. The second-order valence-electron chi connectivity index (χ2n) is 7.01. The summed E-state index contributed by atoms with van der Waals surface area (Å²) in [6.07, 6.45) is 0. The van der Waals surface area contributed by atoms with Gasteiger partial charge in [0.15, 0.2) is 0 Å². The highest BCUT2D eigenvalue weighted by molar-refractivity contribution is 5.83. The Bertz CT molecular complexity index is 1060. The number of hydrogen-bond donors (Lipinski definition) is 0. The molecule has 5 rings (SSSR count). The third-order valence-corrected chi connectivity index (χ3v) is 5.54. The van der Waals surface area contributed by atoms with Gasteiger partial charge < -0.3 is 0 Å². The largest absolute Gasteiger partial charge is 0.0620 e. The van der Waals surface area contributed by atoms with Crippen LogP contribution in [0.1, 0.15) is 28.2 Å². The predicted molar refractivity (Wildman–Crippen MR) is 109 cm³/mol. The molecule has 0 radical (unpaired) electrons. The Morgan fingerprint density at radius 3 is 1.23 bits per heavy atom. The zero-order valence-corrected chi connectivity index (χ0v) is 14.8. The minimum absolute atomic E-state index is 0.290. The Morgan fingerprint density at radius 1 is 0.423 bits per heavy atom. The van der Waals surface area contributed by atoms with Gasteiger partial charge in [0.1, 0.15) is 0 Å². The summed E-state index contributed by atoms with van der Waals surface area (Å²) in [4.78, 5) is 0. The van der Waals surface area contributed by atoms with Crippen LogP contribution in [0.15, 0.2) is 97.1 Å². The predicted octanol–water partition coefficient (Wildman–Crippen LogP) is 6.82. The normalized spacial score (nSPS) is 12.7. The van der Waals surface area contributed by atoms with Crippen LogP contribution < -0.4 is 0 Å². The summed E-state index contributed by atoms with van der Waals surface area (Å²) in [5.41, 5.74) is 10.9. The monoisotopic (exact) mass is 332 g/mol. The lowest BCUT2D eigenvalue weighted by molar-refractivity contribution is 1.02. The van der Waals surface area contributed by atoms with Crippen molar-refractivity contribution in [3.63, 3.8) is 0 Å². The number of rotatable bonds is 2. The summed E-state index contributed by atoms with van der Waals surface area (Å²) in [7, 11) is 0. The second kappa shape index (κ2) is 6.00. The molecule has 0 aliphatic heterocycles. The molecule has 0 saturated heterocycles. The summed E-state index contributed by atoms with van der Waals surface area (Å²) in [5.74, 6) is 0.290. The van der Waals surface area contributed by atoms with Crippen molar-refractivity contribution in [3.8, 4) is 22.3 Å². The highest BCUT2D eigenvalue weighted by Crippen LogP contribution is 2.49. The van der Waals surface area contributed by atoms with Crippen molar-refractivity contribution in [1.82, 2.24) is 0 Å². The van der Waals surface area contributed by atoms with Gasteiger partial charge in [0.25, 0.3) is 0 Å². The van der Waals surface area contributed by atoms with E-state index in [0.717, 1.165) is 0 Å². The SMILES string of the molecule is Cc1ccccc1-c1ccccc1C1c2ccccc2-c2ccccc21. The molecule has 0 unspecified atom stereocenters. The first-order valence-corrected chi connectivity index (χ1v) is 9.18. The summed E-state index contributed by atoms with van der Waals surface area (Å²) >= 11 is 0. The van der Waals surface area contributed by atoms with Gasteiger partial charge in [0.05, 0.1) is 0 Å². The van der Waals surface area contributed by atoms with E-state index in [1.807, 2.05) is 0 Å². The molecule has 0 amide bonds. The fourth-order valence-electron chi connectivity index (χ4n) is 4.36. The standard InChI is InChI=1S/C26H20/c1-18-10-2-3-11-19(18)20-12-4-7-15-23(20)26-24-16-8-5-13-21(24)22-14-6-9-17-25(22)26/h2-17,26H,1H3. The summed E-state index contributed by atoms with van der Waals surface area (Å²) in [5, 5.41) is 0. The van der Waals surface area contributed by atoms with Crippen molar-refractivity contribution in [1.29, 1.82) is 0 Å². The number of benzene rings is 4. The van der Waals surface area contributed by atoms with Gasteiger partial charge in [-0.2, -0.15) is 0 Å². The quantitative estimate of drug-likeness (QED) is 0.332.